The molecule has 0 aliphatic carbocycles. The Morgan fingerprint density at radius 1 is 1.40 bits per heavy atom. The first-order valence-corrected chi connectivity index (χ1v) is 7.40. The van der Waals surface area contributed by atoms with Crippen LogP contribution < -0.4 is 0 Å². The molecule has 0 atom stereocenters. The topological polar surface area (TPSA) is 76.0 Å². The molecule has 0 unspecified atom stereocenters. The van der Waals surface area contributed by atoms with Crippen molar-refractivity contribution in [2.45, 2.75) is 11.8 Å². The van der Waals surface area contributed by atoms with Crippen LogP contribution in [-0.4, -0.2) is 38.2 Å². The molecule has 1 aliphatic heterocycles. The molecule has 0 fully saturated rings. The molecule has 0 aromatic heterocycles. The molecule has 106 valence electrons. The molecule has 1 heterocycles. The second-order valence-corrected chi connectivity index (χ2v) is 5.95. The second-order valence-electron chi connectivity index (χ2n) is 4.09. The Morgan fingerprint density at radius 3 is 2.80 bits per heavy atom. The molecule has 1 aromatic rings. The van der Waals surface area contributed by atoms with Crippen molar-refractivity contribution in [3.63, 3.8) is 0 Å². The number of carbonyl (C=O) groups excluding carboxylic acids is 1. The van der Waals surface area contributed by atoms with Gasteiger partial charge in [0.1, 0.15) is 11.2 Å². The third kappa shape index (κ3) is 2.57. The molecule has 1 aliphatic rings. The summed E-state index contributed by atoms with van der Waals surface area (Å²) in [4.78, 5) is 15.7. The van der Waals surface area contributed by atoms with Crippen LogP contribution in [0, 0.1) is 0 Å². The van der Waals surface area contributed by atoms with Gasteiger partial charge >= 0.3 is 5.97 Å². The molecule has 0 saturated carbocycles. The van der Waals surface area contributed by atoms with Crippen LogP contribution in [0.4, 0.5) is 5.69 Å². The monoisotopic (exact) mass is 294 g/mol. The van der Waals surface area contributed by atoms with E-state index in [2.05, 4.69) is 11.6 Å². The largest absolute Gasteiger partial charge is 0.463 e. The number of ether oxygens (including phenoxy) is 1. The molecule has 1 aromatic carbocycles. The lowest BCUT2D eigenvalue weighted by Gasteiger charge is -2.24. The normalized spacial score (nSPS) is 15.6. The highest BCUT2D eigenvalue weighted by Crippen LogP contribution is 2.30. The van der Waals surface area contributed by atoms with Crippen LogP contribution in [0.1, 0.15) is 6.92 Å². The van der Waals surface area contributed by atoms with Crippen molar-refractivity contribution < 1.29 is 17.9 Å². The highest BCUT2D eigenvalue weighted by molar-refractivity contribution is 7.89. The number of rotatable bonds is 4. The highest BCUT2D eigenvalue weighted by Gasteiger charge is 2.29. The van der Waals surface area contributed by atoms with Gasteiger partial charge in [0.05, 0.1) is 24.4 Å². The lowest BCUT2D eigenvalue weighted by molar-refractivity contribution is -0.138. The summed E-state index contributed by atoms with van der Waals surface area (Å²) >= 11 is 0. The minimum absolute atomic E-state index is 0.0567. The molecule has 20 heavy (non-hydrogen) atoms. The fraction of sp³-hybridized carbons (Fsp3) is 0.231. The van der Waals surface area contributed by atoms with E-state index >= 15 is 0 Å². The number of esters is 1. The van der Waals surface area contributed by atoms with Gasteiger partial charge in [-0.25, -0.2) is 18.2 Å². The summed E-state index contributed by atoms with van der Waals surface area (Å²) in [5, 5.41) is 0. The van der Waals surface area contributed by atoms with Crippen LogP contribution in [0.2, 0.25) is 0 Å². The van der Waals surface area contributed by atoms with Crippen molar-refractivity contribution >= 4 is 28.0 Å². The van der Waals surface area contributed by atoms with Crippen molar-refractivity contribution in [1.29, 1.82) is 0 Å². The van der Waals surface area contributed by atoms with E-state index in [1.54, 1.807) is 25.1 Å². The number of fused-ring (bicyclic) bond motifs is 1. The van der Waals surface area contributed by atoms with Crippen LogP contribution >= 0.6 is 0 Å². The first-order chi connectivity index (χ1) is 9.46. The molecule has 0 amide bonds. The maximum absolute atomic E-state index is 12.4. The molecule has 0 radical (unpaired) electrons. The summed E-state index contributed by atoms with van der Waals surface area (Å²) in [6.07, 6.45) is 1.18. The molecule has 0 spiro atoms. The van der Waals surface area contributed by atoms with Crippen LogP contribution in [0.25, 0.3) is 0 Å². The van der Waals surface area contributed by atoms with Crippen molar-refractivity contribution in [1.82, 2.24) is 4.31 Å². The lowest BCUT2D eigenvalue weighted by Crippen LogP contribution is -2.35. The summed E-state index contributed by atoms with van der Waals surface area (Å²) in [6, 6.07) is 6.41. The summed E-state index contributed by atoms with van der Waals surface area (Å²) in [5.41, 5.74) is 0.437. The Morgan fingerprint density at radius 2 is 2.10 bits per heavy atom. The minimum atomic E-state index is -3.71. The molecular weight excluding hydrogens is 280 g/mol. The quantitative estimate of drug-likeness (QED) is 0.622. The maximum Gasteiger partial charge on any atom is 0.335 e. The van der Waals surface area contributed by atoms with E-state index in [0.717, 1.165) is 4.31 Å². The summed E-state index contributed by atoms with van der Waals surface area (Å²) in [6.45, 7) is 5.24. The van der Waals surface area contributed by atoms with Gasteiger partial charge in [0, 0.05) is 0 Å². The Hall–Kier alpha value is -2.15. The van der Waals surface area contributed by atoms with E-state index in [1.165, 1.54) is 12.4 Å². The van der Waals surface area contributed by atoms with Crippen LogP contribution in [0.15, 0.2) is 46.3 Å². The van der Waals surface area contributed by atoms with Crippen LogP contribution in [-0.2, 0) is 19.6 Å². The lowest BCUT2D eigenvalue weighted by atomic mass is 10.3. The smallest absolute Gasteiger partial charge is 0.335 e. The van der Waals surface area contributed by atoms with Crippen molar-refractivity contribution in [2.24, 2.45) is 4.99 Å². The Kier molecular flexibility index (Phi) is 3.89. The highest BCUT2D eigenvalue weighted by atomic mass is 32.2. The zero-order valence-electron chi connectivity index (χ0n) is 10.9. The first kappa shape index (κ1) is 14.3. The number of nitrogens with zero attached hydrogens (tertiary/aromatic N) is 2. The maximum atomic E-state index is 12.4. The predicted molar refractivity (Wildman–Crippen MR) is 74.3 cm³/mol. The van der Waals surface area contributed by atoms with Crippen molar-refractivity contribution in [3.05, 3.63) is 36.4 Å². The van der Waals surface area contributed by atoms with Gasteiger partial charge in [0.15, 0.2) is 0 Å². The second kappa shape index (κ2) is 5.46. The SMILES string of the molecule is C=C(CN1C=Nc2ccccc2S1(=O)=O)C(=O)OCC. The molecular formula is C13H14N2O4S. The zero-order valence-corrected chi connectivity index (χ0v) is 11.8. The van der Waals surface area contributed by atoms with E-state index in [9.17, 15) is 13.2 Å². The van der Waals surface area contributed by atoms with Crippen LogP contribution in [0.5, 0.6) is 0 Å². The number of carbonyl (C=O) groups is 1. The number of hydrogen-bond donors (Lipinski definition) is 0. The predicted octanol–water partition coefficient (Wildman–Crippen LogP) is 1.47. The number of benzene rings is 1. The van der Waals surface area contributed by atoms with E-state index in [4.69, 9.17) is 4.74 Å². The van der Waals surface area contributed by atoms with Gasteiger partial charge < -0.3 is 4.74 Å². The Bertz CT molecular complexity index is 679. The van der Waals surface area contributed by atoms with Crippen LogP contribution in [0.3, 0.4) is 0 Å². The van der Waals surface area contributed by atoms with E-state index < -0.39 is 16.0 Å². The number of sulfonamides is 1. The standard InChI is InChI=1S/C13H14N2O4S/c1-3-19-13(16)10(2)8-15-9-14-11-6-4-5-7-12(11)20(15,17)18/h4-7,9H,2-3,8H2,1H3. The van der Waals surface area contributed by atoms with Gasteiger partial charge in [-0.05, 0) is 19.1 Å². The summed E-state index contributed by atoms with van der Waals surface area (Å²) < 4.78 is 30.5. The van der Waals surface area contributed by atoms with Gasteiger partial charge in [-0.1, -0.05) is 18.7 Å². The van der Waals surface area contributed by atoms with E-state index in [0.29, 0.717) is 5.69 Å². The number of aliphatic imine (C=N–C) groups is 1. The van der Waals surface area contributed by atoms with Gasteiger partial charge in [0.25, 0.3) is 10.0 Å². The van der Waals surface area contributed by atoms with Gasteiger partial charge in [-0.2, -0.15) is 0 Å². The van der Waals surface area contributed by atoms with Gasteiger partial charge in [0.2, 0.25) is 0 Å². The van der Waals surface area contributed by atoms with E-state index in [-0.39, 0.29) is 23.6 Å². The van der Waals surface area contributed by atoms with Gasteiger partial charge in [-0.15, -0.1) is 0 Å². The fourth-order valence-electron chi connectivity index (χ4n) is 1.71. The molecule has 0 bridgehead atoms. The average molecular weight is 294 g/mol. The fourth-order valence-corrected chi connectivity index (χ4v) is 3.09. The molecule has 2 rings (SSSR count). The molecule has 7 heteroatoms. The average Bonchev–Trinajstić information content (AvgIpc) is 2.42. The Balaban J connectivity index is 2.25. The zero-order chi connectivity index (χ0) is 14.8. The number of hydrogen-bond acceptors (Lipinski definition) is 5. The third-order valence-electron chi connectivity index (χ3n) is 2.69. The summed E-state index contributed by atoms with van der Waals surface area (Å²) in [5.74, 6) is -0.616. The number of para-hydroxylation sites is 1. The Labute approximate surface area is 117 Å². The van der Waals surface area contributed by atoms with Gasteiger partial charge in [-0.3, -0.25) is 4.31 Å². The minimum Gasteiger partial charge on any atom is -0.463 e. The first-order valence-electron chi connectivity index (χ1n) is 5.96. The van der Waals surface area contributed by atoms with E-state index in [1.807, 2.05) is 0 Å². The molecule has 0 N–H and O–H groups in total. The molecule has 6 nitrogen and oxygen atoms in total. The summed E-state index contributed by atoms with van der Waals surface area (Å²) in [7, 11) is -3.71. The van der Waals surface area contributed by atoms with Crippen molar-refractivity contribution in [2.75, 3.05) is 13.2 Å². The van der Waals surface area contributed by atoms with Crippen molar-refractivity contribution in [3.8, 4) is 0 Å². The molecule has 0 saturated heterocycles. The third-order valence-corrected chi connectivity index (χ3v) is 4.43.